The van der Waals surface area contributed by atoms with Gasteiger partial charge in [-0.2, -0.15) is 4.98 Å². The first-order chi connectivity index (χ1) is 14.1. The predicted octanol–water partition coefficient (Wildman–Crippen LogP) is 2.19. The Morgan fingerprint density at radius 3 is 2.27 bits per heavy atom. The van der Waals surface area contributed by atoms with Crippen LogP contribution < -0.4 is 10.5 Å². The zero-order chi connectivity index (χ0) is 21.5. The van der Waals surface area contributed by atoms with E-state index in [-0.39, 0.29) is 9.79 Å². The molecule has 2 aromatic heterocycles. The molecule has 4 aromatic rings. The third kappa shape index (κ3) is 4.03. The molecule has 154 valence electrons. The summed E-state index contributed by atoms with van der Waals surface area (Å²) in [4.78, 5) is 4.63. The SMILES string of the molecule is CS(=O)(=O)c1cccc(-c2cccc3nc(Nc4ccc(S(N)(=O)=O)cc4)nn23)c1. The van der Waals surface area contributed by atoms with Crippen molar-refractivity contribution < 1.29 is 16.8 Å². The number of pyridine rings is 1. The molecular formula is C19H17N5O4S2. The van der Waals surface area contributed by atoms with Crippen LogP contribution in [0.4, 0.5) is 11.6 Å². The molecule has 2 aromatic carbocycles. The number of hydrogen-bond donors (Lipinski definition) is 2. The molecule has 0 aliphatic carbocycles. The lowest BCUT2D eigenvalue weighted by molar-refractivity contribution is 0.597. The Kier molecular flexibility index (Phi) is 4.80. The van der Waals surface area contributed by atoms with Crippen LogP contribution in [0.5, 0.6) is 0 Å². The Bertz CT molecular complexity index is 1460. The van der Waals surface area contributed by atoms with Gasteiger partial charge in [-0.15, -0.1) is 5.10 Å². The molecule has 0 saturated carbocycles. The summed E-state index contributed by atoms with van der Waals surface area (Å²) in [6, 6.07) is 17.9. The van der Waals surface area contributed by atoms with Crippen molar-refractivity contribution in [2.45, 2.75) is 9.79 Å². The average molecular weight is 444 g/mol. The first kappa shape index (κ1) is 20.0. The van der Waals surface area contributed by atoms with Crippen LogP contribution in [0.1, 0.15) is 0 Å². The Balaban J connectivity index is 1.71. The van der Waals surface area contributed by atoms with E-state index in [1.54, 1.807) is 53.0 Å². The number of sulfone groups is 1. The monoisotopic (exact) mass is 443 g/mol. The quantitative estimate of drug-likeness (QED) is 0.482. The molecule has 4 rings (SSSR count). The molecule has 0 aliphatic rings. The maximum Gasteiger partial charge on any atom is 0.247 e. The molecule has 0 aliphatic heterocycles. The largest absolute Gasteiger partial charge is 0.323 e. The lowest BCUT2D eigenvalue weighted by atomic mass is 10.1. The summed E-state index contributed by atoms with van der Waals surface area (Å²) in [5, 5.41) is 12.6. The number of sulfonamides is 1. The summed E-state index contributed by atoms with van der Waals surface area (Å²) < 4.78 is 48.1. The van der Waals surface area contributed by atoms with Crippen LogP contribution in [0.3, 0.4) is 0 Å². The van der Waals surface area contributed by atoms with Crippen molar-refractivity contribution in [3.05, 3.63) is 66.7 Å². The van der Waals surface area contributed by atoms with Gasteiger partial charge >= 0.3 is 0 Å². The van der Waals surface area contributed by atoms with Gasteiger partial charge in [0.15, 0.2) is 15.5 Å². The Morgan fingerprint density at radius 1 is 0.900 bits per heavy atom. The minimum atomic E-state index is -3.77. The summed E-state index contributed by atoms with van der Waals surface area (Å²) in [5.41, 5.74) is 2.49. The molecule has 0 unspecified atom stereocenters. The number of fused-ring (bicyclic) bond motifs is 1. The van der Waals surface area contributed by atoms with Gasteiger partial charge in [-0.05, 0) is 48.5 Å². The summed E-state index contributed by atoms with van der Waals surface area (Å²) in [6.45, 7) is 0. The van der Waals surface area contributed by atoms with E-state index in [4.69, 9.17) is 5.14 Å². The normalized spacial score (nSPS) is 12.2. The fourth-order valence-corrected chi connectivity index (χ4v) is 4.10. The number of hydrogen-bond acceptors (Lipinski definition) is 7. The van der Waals surface area contributed by atoms with Gasteiger partial charge in [0.2, 0.25) is 16.0 Å². The minimum absolute atomic E-state index is 0.00375. The number of primary sulfonamides is 1. The summed E-state index contributed by atoms with van der Waals surface area (Å²) in [5.74, 6) is 0.296. The minimum Gasteiger partial charge on any atom is -0.323 e. The highest BCUT2D eigenvalue weighted by Crippen LogP contribution is 2.24. The topological polar surface area (TPSA) is 137 Å². The molecule has 30 heavy (non-hydrogen) atoms. The van der Waals surface area contributed by atoms with Gasteiger partial charge in [0, 0.05) is 17.5 Å². The Hall–Kier alpha value is -3.28. The predicted molar refractivity (Wildman–Crippen MR) is 113 cm³/mol. The number of aromatic nitrogens is 3. The van der Waals surface area contributed by atoms with Gasteiger partial charge < -0.3 is 5.32 Å². The molecule has 9 nitrogen and oxygen atoms in total. The second-order valence-corrected chi connectivity index (χ2v) is 10.2. The van der Waals surface area contributed by atoms with Crippen molar-refractivity contribution in [1.82, 2.24) is 14.6 Å². The van der Waals surface area contributed by atoms with Crippen LogP contribution in [0.15, 0.2) is 76.5 Å². The zero-order valence-corrected chi connectivity index (χ0v) is 17.4. The lowest BCUT2D eigenvalue weighted by Gasteiger charge is -2.06. The lowest BCUT2D eigenvalue weighted by Crippen LogP contribution is -2.11. The standard InChI is InChI=1S/C19H17N5O4S2/c1-29(25,26)16-5-2-4-13(12-16)17-6-3-7-18-22-19(23-24(17)18)21-14-8-10-15(11-9-14)30(20,27)28/h2-12H,1H3,(H,21,23)(H2,20,27,28). The maximum absolute atomic E-state index is 11.9. The molecule has 0 radical (unpaired) electrons. The van der Waals surface area contributed by atoms with Gasteiger partial charge in [-0.25, -0.2) is 26.5 Å². The molecule has 0 atom stereocenters. The number of anilines is 2. The zero-order valence-electron chi connectivity index (χ0n) is 15.7. The van der Waals surface area contributed by atoms with Crippen LogP contribution in [-0.4, -0.2) is 37.7 Å². The summed E-state index contributed by atoms with van der Waals surface area (Å²) in [7, 11) is -7.11. The van der Waals surface area contributed by atoms with E-state index >= 15 is 0 Å². The van der Waals surface area contributed by atoms with Gasteiger partial charge in [0.1, 0.15) is 0 Å². The van der Waals surface area contributed by atoms with Gasteiger partial charge in [0.25, 0.3) is 0 Å². The highest BCUT2D eigenvalue weighted by atomic mass is 32.2. The summed E-state index contributed by atoms with van der Waals surface area (Å²) >= 11 is 0. The van der Waals surface area contributed by atoms with Crippen molar-refractivity contribution in [2.24, 2.45) is 5.14 Å². The van der Waals surface area contributed by atoms with Crippen molar-refractivity contribution in [1.29, 1.82) is 0 Å². The molecule has 3 N–H and O–H groups in total. The number of rotatable bonds is 5. The first-order valence-electron chi connectivity index (χ1n) is 8.67. The van der Waals surface area contributed by atoms with E-state index in [2.05, 4.69) is 15.4 Å². The maximum atomic E-state index is 11.9. The number of benzene rings is 2. The van der Waals surface area contributed by atoms with E-state index in [9.17, 15) is 16.8 Å². The molecule has 11 heteroatoms. The average Bonchev–Trinajstić information content (AvgIpc) is 3.09. The third-order valence-corrected chi connectivity index (χ3v) is 6.40. The van der Waals surface area contributed by atoms with Crippen molar-refractivity contribution >= 4 is 37.1 Å². The molecule has 0 amide bonds. The van der Waals surface area contributed by atoms with E-state index < -0.39 is 19.9 Å². The Labute approximate surface area is 173 Å². The van der Waals surface area contributed by atoms with Crippen molar-refractivity contribution in [3.8, 4) is 11.3 Å². The van der Waals surface area contributed by atoms with Gasteiger partial charge in [-0.1, -0.05) is 18.2 Å². The van der Waals surface area contributed by atoms with Crippen LogP contribution in [-0.2, 0) is 19.9 Å². The second kappa shape index (κ2) is 7.20. The fourth-order valence-electron chi connectivity index (χ4n) is 2.92. The molecule has 0 saturated heterocycles. The van der Waals surface area contributed by atoms with Gasteiger partial charge in [0.05, 0.1) is 15.5 Å². The molecule has 0 spiro atoms. The molecule has 0 fully saturated rings. The van der Waals surface area contributed by atoms with Gasteiger partial charge in [-0.3, -0.25) is 0 Å². The van der Waals surface area contributed by atoms with E-state index in [0.29, 0.717) is 28.5 Å². The van der Waals surface area contributed by atoms with Crippen molar-refractivity contribution in [3.63, 3.8) is 0 Å². The number of nitrogens with one attached hydrogen (secondary N) is 1. The highest BCUT2D eigenvalue weighted by Gasteiger charge is 2.13. The van der Waals surface area contributed by atoms with Crippen LogP contribution in [0.25, 0.3) is 16.9 Å². The third-order valence-electron chi connectivity index (χ3n) is 4.36. The highest BCUT2D eigenvalue weighted by molar-refractivity contribution is 7.90. The van der Waals surface area contributed by atoms with E-state index in [1.165, 1.54) is 12.1 Å². The molecule has 2 heterocycles. The molecular weight excluding hydrogens is 426 g/mol. The summed E-state index contributed by atoms with van der Waals surface area (Å²) in [6.07, 6.45) is 1.16. The number of nitrogens with two attached hydrogens (primary N) is 1. The van der Waals surface area contributed by atoms with Crippen molar-refractivity contribution in [2.75, 3.05) is 11.6 Å². The Morgan fingerprint density at radius 2 is 1.60 bits per heavy atom. The smallest absolute Gasteiger partial charge is 0.247 e. The number of nitrogens with zero attached hydrogens (tertiary/aromatic N) is 3. The molecule has 0 bridgehead atoms. The van der Waals surface area contributed by atoms with Crippen LogP contribution in [0, 0.1) is 0 Å². The van der Waals surface area contributed by atoms with Crippen LogP contribution >= 0.6 is 0 Å². The van der Waals surface area contributed by atoms with E-state index in [0.717, 1.165) is 6.26 Å². The first-order valence-corrected chi connectivity index (χ1v) is 12.1. The van der Waals surface area contributed by atoms with E-state index in [1.807, 2.05) is 6.07 Å². The van der Waals surface area contributed by atoms with Crippen LogP contribution in [0.2, 0.25) is 0 Å². The second-order valence-electron chi connectivity index (χ2n) is 6.61. The fraction of sp³-hybridized carbons (Fsp3) is 0.0526.